The maximum absolute atomic E-state index is 5.91. The lowest BCUT2D eigenvalue weighted by molar-refractivity contribution is 1.20. The summed E-state index contributed by atoms with van der Waals surface area (Å²) in [7, 11) is 0. The monoisotopic (exact) mass is 234 g/mol. The minimum Gasteiger partial charge on any atom is -0.382 e. The lowest BCUT2D eigenvalue weighted by Crippen LogP contribution is -1.98. The summed E-state index contributed by atoms with van der Waals surface area (Å²) >= 11 is 5.91. The van der Waals surface area contributed by atoms with Crippen LogP contribution in [0.15, 0.2) is 30.6 Å². The molecule has 1 heterocycles. The summed E-state index contributed by atoms with van der Waals surface area (Å²) in [5, 5.41) is 3.80. The SMILES string of the molecule is Cc1ccc(Cl)cc1Nc1cnc(N)cn1. The molecule has 0 spiro atoms. The fraction of sp³-hybridized carbons (Fsp3) is 0.0909. The summed E-state index contributed by atoms with van der Waals surface area (Å²) in [4.78, 5) is 8.05. The van der Waals surface area contributed by atoms with Crippen LogP contribution < -0.4 is 11.1 Å². The third-order valence-corrected chi connectivity index (χ3v) is 2.37. The van der Waals surface area contributed by atoms with Gasteiger partial charge in [0.25, 0.3) is 0 Å². The van der Waals surface area contributed by atoms with Crippen molar-refractivity contribution in [3.8, 4) is 0 Å². The number of nitrogens with one attached hydrogen (secondary N) is 1. The number of rotatable bonds is 2. The van der Waals surface area contributed by atoms with Crippen LogP contribution in [0.25, 0.3) is 0 Å². The van der Waals surface area contributed by atoms with E-state index in [2.05, 4.69) is 15.3 Å². The number of hydrogen-bond acceptors (Lipinski definition) is 4. The third-order valence-electron chi connectivity index (χ3n) is 2.13. The first-order chi connectivity index (χ1) is 7.65. The Bertz CT molecular complexity index is 496. The number of nitrogens with zero attached hydrogens (tertiary/aromatic N) is 2. The highest BCUT2D eigenvalue weighted by Gasteiger charge is 2.01. The van der Waals surface area contributed by atoms with Crippen molar-refractivity contribution >= 4 is 28.9 Å². The van der Waals surface area contributed by atoms with Gasteiger partial charge in [-0.3, -0.25) is 0 Å². The van der Waals surface area contributed by atoms with Gasteiger partial charge in [-0.05, 0) is 24.6 Å². The molecule has 0 amide bonds. The van der Waals surface area contributed by atoms with E-state index in [0.29, 0.717) is 16.7 Å². The average Bonchev–Trinajstić information content (AvgIpc) is 2.27. The molecule has 1 aromatic heterocycles. The Morgan fingerprint density at radius 2 is 2.06 bits per heavy atom. The van der Waals surface area contributed by atoms with Crippen molar-refractivity contribution in [2.75, 3.05) is 11.1 Å². The molecule has 0 fully saturated rings. The van der Waals surface area contributed by atoms with Crippen molar-refractivity contribution in [3.63, 3.8) is 0 Å². The van der Waals surface area contributed by atoms with Crippen LogP contribution in [0.4, 0.5) is 17.3 Å². The predicted octanol–water partition coefficient (Wildman–Crippen LogP) is 2.76. The Hall–Kier alpha value is -1.81. The van der Waals surface area contributed by atoms with Crippen LogP contribution in [0.5, 0.6) is 0 Å². The molecule has 0 saturated heterocycles. The average molecular weight is 235 g/mol. The largest absolute Gasteiger partial charge is 0.382 e. The highest BCUT2D eigenvalue weighted by molar-refractivity contribution is 6.30. The number of anilines is 3. The summed E-state index contributed by atoms with van der Waals surface area (Å²) in [6.07, 6.45) is 3.08. The van der Waals surface area contributed by atoms with Crippen LogP contribution >= 0.6 is 11.6 Å². The van der Waals surface area contributed by atoms with E-state index in [1.807, 2.05) is 25.1 Å². The lowest BCUT2D eigenvalue weighted by Gasteiger charge is -2.08. The fourth-order valence-corrected chi connectivity index (χ4v) is 1.44. The number of aryl methyl sites for hydroxylation is 1. The van der Waals surface area contributed by atoms with Crippen molar-refractivity contribution in [2.45, 2.75) is 6.92 Å². The third kappa shape index (κ3) is 2.41. The van der Waals surface area contributed by atoms with Crippen molar-refractivity contribution in [2.24, 2.45) is 0 Å². The van der Waals surface area contributed by atoms with Gasteiger partial charge >= 0.3 is 0 Å². The van der Waals surface area contributed by atoms with Crippen LogP contribution in [-0.4, -0.2) is 9.97 Å². The summed E-state index contributed by atoms with van der Waals surface area (Å²) in [6, 6.07) is 5.63. The van der Waals surface area contributed by atoms with E-state index in [0.717, 1.165) is 11.3 Å². The van der Waals surface area contributed by atoms with Crippen LogP contribution in [0, 0.1) is 6.92 Å². The second kappa shape index (κ2) is 4.37. The molecular weight excluding hydrogens is 224 g/mol. The molecule has 3 N–H and O–H groups in total. The maximum atomic E-state index is 5.91. The zero-order chi connectivity index (χ0) is 11.5. The van der Waals surface area contributed by atoms with Crippen molar-refractivity contribution in [1.82, 2.24) is 9.97 Å². The molecule has 4 nitrogen and oxygen atoms in total. The van der Waals surface area contributed by atoms with E-state index in [-0.39, 0.29) is 0 Å². The van der Waals surface area contributed by atoms with Crippen LogP contribution in [0.2, 0.25) is 5.02 Å². The zero-order valence-corrected chi connectivity index (χ0v) is 9.49. The Labute approximate surface area is 98.5 Å². The highest BCUT2D eigenvalue weighted by atomic mass is 35.5. The zero-order valence-electron chi connectivity index (χ0n) is 8.74. The standard InChI is InChI=1S/C11H11ClN4/c1-7-2-3-8(12)4-9(7)16-11-6-14-10(13)5-15-11/h2-6H,1H3,(H2,13,14)(H,15,16). The first-order valence-electron chi connectivity index (χ1n) is 4.76. The first kappa shape index (κ1) is 10.7. The van der Waals surface area contributed by atoms with Gasteiger partial charge in [0.2, 0.25) is 0 Å². The smallest absolute Gasteiger partial charge is 0.149 e. The number of nitrogen functional groups attached to an aromatic ring is 1. The normalized spacial score (nSPS) is 10.1. The molecule has 1 aromatic carbocycles. The van der Waals surface area contributed by atoms with Crippen molar-refractivity contribution in [1.29, 1.82) is 0 Å². The number of nitrogens with two attached hydrogens (primary N) is 1. The lowest BCUT2D eigenvalue weighted by atomic mass is 10.2. The predicted molar refractivity (Wildman–Crippen MR) is 65.9 cm³/mol. The summed E-state index contributed by atoms with van der Waals surface area (Å²) in [6.45, 7) is 1.99. The van der Waals surface area contributed by atoms with Gasteiger partial charge in [0, 0.05) is 10.7 Å². The molecule has 0 unspecified atom stereocenters. The first-order valence-corrected chi connectivity index (χ1v) is 5.13. The highest BCUT2D eigenvalue weighted by Crippen LogP contribution is 2.22. The van der Waals surface area contributed by atoms with E-state index >= 15 is 0 Å². The maximum Gasteiger partial charge on any atom is 0.149 e. The molecule has 0 atom stereocenters. The van der Waals surface area contributed by atoms with Gasteiger partial charge in [0.1, 0.15) is 11.6 Å². The molecule has 0 aliphatic rings. The molecule has 16 heavy (non-hydrogen) atoms. The van der Waals surface area contributed by atoms with Crippen molar-refractivity contribution in [3.05, 3.63) is 41.2 Å². The van der Waals surface area contributed by atoms with Gasteiger partial charge < -0.3 is 11.1 Å². The van der Waals surface area contributed by atoms with Gasteiger partial charge in [-0.15, -0.1) is 0 Å². The quantitative estimate of drug-likeness (QED) is 0.839. The minimum atomic E-state index is 0.397. The van der Waals surface area contributed by atoms with E-state index in [4.69, 9.17) is 17.3 Å². The second-order valence-corrected chi connectivity index (χ2v) is 3.85. The second-order valence-electron chi connectivity index (χ2n) is 3.41. The van der Waals surface area contributed by atoms with Gasteiger partial charge in [-0.2, -0.15) is 0 Å². The molecule has 2 rings (SSSR count). The molecule has 0 radical (unpaired) electrons. The van der Waals surface area contributed by atoms with Gasteiger partial charge in [-0.1, -0.05) is 17.7 Å². The molecule has 82 valence electrons. The number of halogens is 1. The Morgan fingerprint density at radius 3 is 2.75 bits per heavy atom. The van der Waals surface area contributed by atoms with Crippen molar-refractivity contribution < 1.29 is 0 Å². The van der Waals surface area contributed by atoms with E-state index in [9.17, 15) is 0 Å². The minimum absolute atomic E-state index is 0.397. The molecule has 2 aromatic rings. The fourth-order valence-electron chi connectivity index (χ4n) is 1.27. The Kier molecular flexibility index (Phi) is 2.92. The van der Waals surface area contributed by atoms with Crippen LogP contribution in [0.3, 0.4) is 0 Å². The van der Waals surface area contributed by atoms with Gasteiger partial charge in [-0.25, -0.2) is 9.97 Å². The molecule has 0 bridgehead atoms. The number of aromatic nitrogens is 2. The van der Waals surface area contributed by atoms with E-state index < -0.39 is 0 Å². The molecule has 5 heteroatoms. The van der Waals surface area contributed by atoms with E-state index in [1.54, 1.807) is 6.20 Å². The van der Waals surface area contributed by atoms with Crippen LogP contribution in [0.1, 0.15) is 5.56 Å². The van der Waals surface area contributed by atoms with Crippen LogP contribution in [-0.2, 0) is 0 Å². The molecular formula is C11H11ClN4. The number of hydrogen-bond donors (Lipinski definition) is 2. The van der Waals surface area contributed by atoms with Gasteiger partial charge in [0.15, 0.2) is 0 Å². The van der Waals surface area contributed by atoms with Gasteiger partial charge in [0.05, 0.1) is 12.4 Å². The van der Waals surface area contributed by atoms with E-state index in [1.165, 1.54) is 6.20 Å². The molecule has 0 aliphatic heterocycles. The molecule has 0 aliphatic carbocycles. The molecule has 0 saturated carbocycles. The Balaban J connectivity index is 2.26. The topological polar surface area (TPSA) is 63.8 Å². The summed E-state index contributed by atoms with van der Waals surface area (Å²) < 4.78 is 0. The number of benzene rings is 1. The summed E-state index contributed by atoms with van der Waals surface area (Å²) in [5.74, 6) is 1.04. The summed E-state index contributed by atoms with van der Waals surface area (Å²) in [5.41, 5.74) is 7.45. The Morgan fingerprint density at radius 1 is 1.25 bits per heavy atom.